The number of hydrogen-bond acceptors (Lipinski definition) is 5. The molecule has 1 atom stereocenters. The largest absolute Gasteiger partial charge is 0.454 e. The molecule has 6 nitrogen and oxygen atoms in total. The van der Waals surface area contributed by atoms with E-state index in [1.165, 1.54) is 25.1 Å². The summed E-state index contributed by atoms with van der Waals surface area (Å²) in [5.74, 6) is -0.480. The Morgan fingerprint density at radius 1 is 1.20 bits per heavy atom. The fraction of sp³-hybridized carbons (Fsp3) is 0.222. The third-order valence-electron chi connectivity index (χ3n) is 3.62. The standard InChI is InChI=1S/C18H16FNO5/c1-11(25-18(22)13-3-2-4-14(19)8-13)17(21)20-9-12-5-6-15-16(7-12)24-10-23-15/h2-8,11H,9-10H2,1H3,(H,20,21). The Labute approximate surface area is 143 Å². The second-order valence-corrected chi connectivity index (χ2v) is 5.46. The van der Waals surface area contributed by atoms with Gasteiger partial charge in [0.15, 0.2) is 17.6 Å². The summed E-state index contributed by atoms with van der Waals surface area (Å²) in [4.78, 5) is 24.0. The van der Waals surface area contributed by atoms with E-state index in [9.17, 15) is 14.0 Å². The van der Waals surface area contributed by atoms with Gasteiger partial charge in [0.25, 0.3) is 5.91 Å². The van der Waals surface area contributed by atoms with Gasteiger partial charge in [0.05, 0.1) is 5.56 Å². The van der Waals surface area contributed by atoms with Gasteiger partial charge in [-0.05, 0) is 42.8 Å². The molecule has 0 aromatic heterocycles. The molecular formula is C18H16FNO5. The minimum absolute atomic E-state index is 0.0513. The van der Waals surface area contributed by atoms with Crippen molar-refractivity contribution < 1.29 is 28.2 Å². The van der Waals surface area contributed by atoms with Gasteiger partial charge in [-0.15, -0.1) is 0 Å². The Balaban J connectivity index is 1.53. The number of carbonyl (C=O) groups excluding carboxylic acids is 2. The molecule has 1 unspecified atom stereocenters. The number of esters is 1. The zero-order valence-electron chi connectivity index (χ0n) is 13.5. The third-order valence-corrected chi connectivity index (χ3v) is 3.62. The van der Waals surface area contributed by atoms with E-state index in [0.717, 1.165) is 11.6 Å². The maximum Gasteiger partial charge on any atom is 0.339 e. The summed E-state index contributed by atoms with van der Waals surface area (Å²) < 4.78 is 28.7. The van der Waals surface area contributed by atoms with E-state index >= 15 is 0 Å². The highest BCUT2D eigenvalue weighted by Gasteiger charge is 2.19. The molecule has 1 aliphatic heterocycles. The SMILES string of the molecule is CC(OC(=O)c1cccc(F)c1)C(=O)NCc1ccc2c(c1)OCO2. The summed E-state index contributed by atoms with van der Waals surface area (Å²) in [6.45, 7) is 1.88. The fourth-order valence-electron chi connectivity index (χ4n) is 2.28. The van der Waals surface area contributed by atoms with Crippen LogP contribution in [0.4, 0.5) is 4.39 Å². The van der Waals surface area contributed by atoms with E-state index in [1.54, 1.807) is 18.2 Å². The molecule has 1 N–H and O–H groups in total. The fourth-order valence-corrected chi connectivity index (χ4v) is 2.28. The number of hydrogen-bond donors (Lipinski definition) is 1. The second kappa shape index (κ2) is 7.21. The Kier molecular flexibility index (Phi) is 4.83. The molecule has 1 aliphatic rings. The van der Waals surface area contributed by atoms with Crippen molar-refractivity contribution >= 4 is 11.9 Å². The van der Waals surface area contributed by atoms with Crippen LogP contribution < -0.4 is 14.8 Å². The Bertz CT molecular complexity index is 808. The number of nitrogens with one attached hydrogen (secondary N) is 1. The molecule has 0 spiro atoms. The van der Waals surface area contributed by atoms with Crippen LogP contribution in [0.25, 0.3) is 0 Å². The number of carbonyl (C=O) groups is 2. The third kappa shape index (κ3) is 4.06. The van der Waals surface area contributed by atoms with Crippen LogP contribution >= 0.6 is 0 Å². The van der Waals surface area contributed by atoms with Crippen molar-refractivity contribution in [3.8, 4) is 11.5 Å². The van der Waals surface area contributed by atoms with Gasteiger partial charge >= 0.3 is 5.97 Å². The number of fused-ring (bicyclic) bond motifs is 1. The van der Waals surface area contributed by atoms with Crippen LogP contribution in [0.5, 0.6) is 11.5 Å². The number of rotatable bonds is 5. The van der Waals surface area contributed by atoms with Gasteiger partial charge in [-0.2, -0.15) is 0 Å². The van der Waals surface area contributed by atoms with Crippen LogP contribution in [0.2, 0.25) is 0 Å². The first-order valence-electron chi connectivity index (χ1n) is 7.66. The maximum atomic E-state index is 13.1. The van der Waals surface area contributed by atoms with Crippen LogP contribution in [0, 0.1) is 5.82 Å². The minimum atomic E-state index is -1.01. The van der Waals surface area contributed by atoms with Gasteiger partial charge in [0, 0.05) is 6.54 Å². The van der Waals surface area contributed by atoms with E-state index < -0.39 is 23.8 Å². The predicted molar refractivity (Wildman–Crippen MR) is 85.7 cm³/mol. The average Bonchev–Trinajstić information content (AvgIpc) is 3.07. The molecule has 130 valence electrons. The first kappa shape index (κ1) is 16.8. The van der Waals surface area contributed by atoms with E-state index in [-0.39, 0.29) is 18.9 Å². The maximum absolute atomic E-state index is 13.1. The molecule has 2 aromatic rings. The van der Waals surface area contributed by atoms with Gasteiger partial charge in [0.1, 0.15) is 5.82 Å². The molecular weight excluding hydrogens is 329 g/mol. The van der Waals surface area contributed by atoms with E-state index in [2.05, 4.69) is 5.32 Å². The summed E-state index contributed by atoms with van der Waals surface area (Å²) in [5.41, 5.74) is 0.872. The van der Waals surface area contributed by atoms with Gasteiger partial charge in [-0.3, -0.25) is 4.79 Å². The van der Waals surface area contributed by atoms with Crippen molar-refractivity contribution in [2.45, 2.75) is 19.6 Å². The first-order valence-corrected chi connectivity index (χ1v) is 7.66. The van der Waals surface area contributed by atoms with Crippen molar-refractivity contribution in [1.29, 1.82) is 0 Å². The van der Waals surface area contributed by atoms with Crippen molar-refractivity contribution in [2.24, 2.45) is 0 Å². The van der Waals surface area contributed by atoms with Crippen molar-refractivity contribution in [1.82, 2.24) is 5.32 Å². The van der Waals surface area contributed by atoms with Crippen molar-refractivity contribution in [3.05, 3.63) is 59.4 Å². The smallest absolute Gasteiger partial charge is 0.339 e. The number of halogens is 1. The molecule has 0 aliphatic carbocycles. The lowest BCUT2D eigenvalue weighted by atomic mass is 10.2. The lowest BCUT2D eigenvalue weighted by Gasteiger charge is -2.13. The highest BCUT2D eigenvalue weighted by Crippen LogP contribution is 2.32. The topological polar surface area (TPSA) is 73.9 Å². The average molecular weight is 345 g/mol. The molecule has 1 amide bonds. The Morgan fingerprint density at radius 2 is 2.00 bits per heavy atom. The highest BCUT2D eigenvalue weighted by atomic mass is 19.1. The normalized spacial score (nSPS) is 13.2. The van der Waals surface area contributed by atoms with Crippen LogP contribution in [0.3, 0.4) is 0 Å². The summed E-state index contributed by atoms with van der Waals surface area (Å²) >= 11 is 0. The summed E-state index contributed by atoms with van der Waals surface area (Å²) in [5, 5.41) is 2.67. The lowest BCUT2D eigenvalue weighted by Crippen LogP contribution is -2.35. The second-order valence-electron chi connectivity index (χ2n) is 5.46. The molecule has 0 radical (unpaired) electrons. The molecule has 3 rings (SSSR count). The van der Waals surface area contributed by atoms with Crippen LogP contribution in [-0.2, 0) is 16.1 Å². The van der Waals surface area contributed by atoms with Gasteiger partial charge in [-0.25, -0.2) is 9.18 Å². The molecule has 0 saturated carbocycles. The van der Waals surface area contributed by atoms with E-state index in [0.29, 0.717) is 11.5 Å². The predicted octanol–water partition coefficient (Wildman–Crippen LogP) is 2.42. The van der Waals surface area contributed by atoms with Gasteiger partial charge < -0.3 is 19.5 Å². The first-order chi connectivity index (χ1) is 12.0. The zero-order valence-corrected chi connectivity index (χ0v) is 13.5. The molecule has 2 aromatic carbocycles. The minimum Gasteiger partial charge on any atom is -0.454 e. The Morgan fingerprint density at radius 3 is 2.80 bits per heavy atom. The van der Waals surface area contributed by atoms with E-state index in [4.69, 9.17) is 14.2 Å². The van der Waals surface area contributed by atoms with Crippen LogP contribution in [-0.4, -0.2) is 24.8 Å². The van der Waals surface area contributed by atoms with Crippen LogP contribution in [0.1, 0.15) is 22.8 Å². The van der Waals surface area contributed by atoms with Gasteiger partial charge in [0.2, 0.25) is 6.79 Å². The molecule has 25 heavy (non-hydrogen) atoms. The highest BCUT2D eigenvalue weighted by molar-refractivity contribution is 5.92. The molecule has 0 saturated heterocycles. The number of ether oxygens (including phenoxy) is 3. The quantitative estimate of drug-likeness (QED) is 0.843. The summed E-state index contributed by atoms with van der Waals surface area (Å²) in [6, 6.07) is 10.4. The Hall–Kier alpha value is -3.09. The van der Waals surface area contributed by atoms with Gasteiger partial charge in [-0.1, -0.05) is 12.1 Å². The van der Waals surface area contributed by atoms with Crippen LogP contribution in [0.15, 0.2) is 42.5 Å². The molecule has 1 heterocycles. The van der Waals surface area contributed by atoms with Crippen molar-refractivity contribution in [3.63, 3.8) is 0 Å². The summed E-state index contributed by atoms with van der Waals surface area (Å²) in [6.07, 6.45) is -1.01. The molecule has 0 bridgehead atoms. The lowest BCUT2D eigenvalue weighted by molar-refractivity contribution is -0.129. The van der Waals surface area contributed by atoms with Crippen molar-refractivity contribution in [2.75, 3.05) is 6.79 Å². The summed E-state index contributed by atoms with van der Waals surface area (Å²) in [7, 11) is 0. The van der Waals surface area contributed by atoms with E-state index in [1.807, 2.05) is 0 Å². The zero-order chi connectivity index (χ0) is 17.8. The monoisotopic (exact) mass is 345 g/mol. The molecule has 0 fully saturated rings. The number of benzene rings is 2. The molecule has 7 heteroatoms. The number of amides is 1.